The van der Waals surface area contributed by atoms with Gasteiger partial charge in [-0.15, -0.1) is 0 Å². The van der Waals surface area contributed by atoms with E-state index in [-0.39, 0.29) is 0 Å². The quantitative estimate of drug-likeness (QED) is 0.668. The number of anilines is 1. The number of hydrogen-bond acceptors (Lipinski definition) is 2. The van der Waals surface area contributed by atoms with Gasteiger partial charge >= 0.3 is 0 Å². The topological polar surface area (TPSA) is 27.0 Å². The second-order valence-electron chi connectivity index (χ2n) is 4.29. The van der Waals surface area contributed by atoms with E-state index in [0.717, 1.165) is 25.1 Å². The Morgan fingerprint density at radius 1 is 1.31 bits per heavy atom. The molecule has 0 radical (unpaired) electrons. The number of aryl methyl sites for hydroxylation is 2. The van der Waals surface area contributed by atoms with Crippen LogP contribution in [0.3, 0.4) is 0 Å². The van der Waals surface area contributed by atoms with Crippen molar-refractivity contribution < 1.29 is 0 Å². The maximum absolute atomic E-state index is 8.74. The standard InChI is InChI=1S/C14H16N2/c1-11-5-6-14(10-12(11)2)16-9-3-4-13(16)7-8-15/h5-7,10H,3-4,9H2,1-2H3. The minimum atomic E-state index is 1.01. The van der Waals surface area contributed by atoms with Gasteiger partial charge in [-0.25, -0.2) is 0 Å². The zero-order valence-corrected chi connectivity index (χ0v) is 9.83. The van der Waals surface area contributed by atoms with Gasteiger partial charge in [0.15, 0.2) is 0 Å². The van der Waals surface area contributed by atoms with Crippen LogP contribution < -0.4 is 4.90 Å². The van der Waals surface area contributed by atoms with Gasteiger partial charge < -0.3 is 4.90 Å². The summed E-state index contributed by atoms with van der Waals surface area (Å²) in [6.45, 7) is 5.27. The van der Waals surface area contributed by atoms with Gasteiger partial charge in [-0.2, -0.15) is 5.26 Å². The van der Waals surface area contributed by atoms with Crippen molar-refractivity contribution >= 4 is 5.69 Å². The summed E-state index contributed by atoms with van der Waals surface area (Å²) >= 11 is 0. The highest BCUT2D eigenvalue weighted by atomic mass is 15.2. The Balaban J connectivity index is 2.34. The Hall–Kier alpha value is -1.75. The van der Waals surface area contributed by atoms with Crippen molar-refractivity contribution in [3.05, 3.63) is 41.1 Å². The Morgan fingerprint density at radius 3 is 2.81 bits per heavy atom. The molecule has 1 aromatic carbocycles. The molecule has 1 aromatic rings. The molecule has 82 valence electrons. The van der Waals surface area contributed by atoms with Gasteiger partial charge in [0.1, 0.15) is 0 Å². The summed E-state index contributed by atoms with van der Waals surface area (Å²) in [4.78, 5) is 2.25. The molecule has 0 atom stereocenters. The largest absolute Gasteiger partial charge is 0.344 e. The lowest BCUT2D eigenvalue weighted by molar-refractivity contribution is 0.955. The van der Waals surface area contributed by atoms with E-state index in [0.29, 0.717) is 0 Å². The minimum Gasteiger partial charge on any atom is -0.344 e. The first-order valence-electron chi connectivity index (χ1n) is 5.66. The molecule has 1 aliphatic rings. The zero-order chi connectivity index (χ0) is 11.5. The second-order valence-corrected chi connectivity index (χ2v) is 4.29. The van der Waals surface area contributed by atoms with Crippen molar-refractivity contribution in [1.82, 2.24) is 0 Å². The van der Waals surface area contributed by atoms with Crippen LogP contribution in [0.5, 0.6) is 0 Å². The van der Waals surface area contributed by atoms with E-state index in [1.54, 1.807) is 6.08 Å². The first-order valence-corrected chi connectivity index (χ1v) is 5.66. The molecular weight excluding hydrogens is 196 g/mol. The second kappa shape index (κ2) is 4.40. The van der Waals surface area contributed by atoms with Crippen molar-refractivity contribution in [2.45, 2.75) is 26.7 Å². The molecule has 1 saturated heterocycles. The van der Waals surface area contributed by atoms with Gasteiger partial charge in [-0.3, -0.25) is 0 Å². The lowest BCUT2D eigenvalue weighted by Gasteiger charge is -2.20. The Bertz CT molecular complexity index is 466. The SMILES string of the molecule is Cc1ccc(N2CCCC2=CC#N)cc1C. The molecular formula is C14H16N2. The summed E-state index contributed by atoms with van der Waals surface area (Å²) < 4.78 is 0. The van der Waals surface area contributed by atoms with Gasteiger partial charge in [0.25, 0.3) is 0 Å². The van der Waals surface area contributed by atoms with E-state index in [1.165, 1.54) is 16.8 Å². The third-order valence-corrected chi connectivity index (χ3v) is 3.19. The molecule has 0 bridgehead atoms. The molecule has 16 heavy (non-hydrogen) atoms. The predicted molar refractivity (Wildman–Crippen MR) is 66.2 cm³/mol. The molecule has 0 aliphatic carbocycles. The van der Waals surface area contributed by atoms with Crippen LogP contribution in [0.1, 0.15) is 24.0 Å². The van der Waals surface area contributed by atoms with Crippen LogP contribution in [-0.2, 0) is 0 Å². The van der Waals surface area contributed by atoms with Gasteiger partial charge in [0.05, 0.1) is 6.07 Å². The van der Waals surface area contributed by atoms with Gasteiger partial charge in [-0.1, -0.05) is 6.07 Å². The average Bonchev–Trinajstić information content (AvgIpc) is 2.71. The van der Waals surface area contributed by atoms with E-state index in [2.05, 4.69) is 43.0 Å². The molecule has 2 rings (SSSR count). The molecule has 0 unspecified atom stereocenters. The summed E-state index contributed by atoms with van der Waals surface area (Å²) in [5.74, 6) is 0. The average molecular weight is 212 g/mol. The minimum absolute atomic E-state index is 1.01. The van der Waals surface area contributed by atoms with Gasteiger partial charge in [-0.05, 0) is 49.9 Å². The number of hydrogen-bond donors (Lipinski definition) is 0. The molecule has 2 heteroatoms. The van der Waals surface area contributed by atoms with Crippen LogP contribution in [0.2, 0.25) is 0 Å². The molecule has 0 spiro atoms. The van der Waals surface area contributed by atoms with Crippen LogP contribution >= 0.6 is 0 Å². The van der Waals surface area contributed by atoms with Crippen LogP contribution in [-0.4, -0.2) is 6.54 Å². The molecule has 0 amide bonds. The number of allylic oxidation sites excluding steroid dienone is 2. The molecule has 0 saturated carbocycles. The van der Waals surface area contributed by atoms with Gasteiger partial charge in [0, 0.05) is 24.0 Å². The van der Waals surface area contributed by atoms with E-state index in [9.17, 15) is 0 Å². The Labute approximate surface area is 96.8 Å². The highest BCUT2D eigenvalue weighted by molar-refractivity contribution is 5.56. The molecule has 0 aromatic heterocycles. The van der Waals surface area contributed by atoms with Crippen molar-refractivity contribution in [3.8, 4) is 6.07 Å². The van der Waals surface area contributed by atoms with E-state index < -0.39 is 0 Å². The number of benzene rings is 1. The van der Waals surface area contributed by atoms with Crippen LogP contribution in [0.4, 0.5) is 5.69 Å². The summed E-state index contributed by atoms with van der Waals surface area (Å²) in [5.41, 5.74) is 4.97. The van der Waals surface area contributed by atoms with Gasteiger partial charge in [0.2, 0.25) is 0 Å². The third kappa shape index (κ3) is 1.94. The van der Waals surface area contributed by atoms with E-state index in [1.807, 2.05) is 0 Å². The first kappa shape index (κ1) is 10.8. The van der Waals surface area contributed by atoms with Crippen LogP contribution in [0.15, 0.2) is 30.0 Å². The van der Waals surface area contributed by atoms with Crippen LogP contribution in [0.25, 0.3) is 0 Å². The van der Waals surface area contributed by atoms with Crippen molar-refractivity contribution in [3.63, 3.8) is 0 Å². The summed E-state index contributed by atoms with van der Waals surface area (Å²) in [5, 5.41) is 8.74. The predicted octanol–water partition coefficient (Wildman–Crippen LogP) is 3.31. The maximum Gasteiger partial charge on any atom is 0.0930 e. The highest BCUT2D eigenvalue weighted by Crippen LogP contribution is 2.29. The summed E-state index contributed by atoms with van der Waals surface area (Å²) in [7, 11) is 0. The van der Waals surface area contributed by atoms with Crippen LogP contribution in [0, 0.1) is 25.2 Å². The Kier molecular flexibility index (Phi) is 2.96. The maximum atomic E-state index is 8.74. The fourth-order valence-electron chi connectivity index (χ4n) is 2.11. The molecule has 2 nitrogen and oxygen atoms in total. The first-order chi connectivity index (χ1) is 7.72. The van der Waals surface area contributed by atoms with Crippen molar-refractivity contribution in [2.24, 2.45) is 0 Å². The summed E-state index contributed by atoms with van der Waals surface area (Å²) in [6.07, 6.45) is 3.82. The third-order valence-electron chi connectivity index (χ3n) is 3.19. The fraction of sp³-hybridized carbons (Fsp3) is 0.357. The smallest absolute Gasteiger partial charge is 0.0930 e. The zero-order valence-electron chi connectivity index (χ0n) is 9.83. The lowest BCUT2D eigenvalue weighted by atomic mass is 10.1. The number of rotatable bonds is 1. The fourth-order valence-corrected chi connectivity index (χ4v) is 2.11. The van der Waals surface area contributed by atoms with Crippen molar-refractivity contribution in [2.75, 3.05) is 11.4 Å². The molecule has 1 fully saturated rings. The van der Waals surface area contributed by atoms with E-state index >= 15 is 0 Å². The summed E-state index contributed by atoms with van der Waals surface area (Å²) in [6, 6.07) is 8.62. The molecule has 1 heterocycles. The Morgan fingerprint density at radius 2 is 2.12 bits per heavy atom. The number of nitriles is 1. The van der Waals surface area contributed by atoms with Crippen molar-refractivity contribution in [1.29, 1.82) is 5.26 Å². The monoisotopic (exact) mass is 212 g/mol. The molecule has 1 aliphatic heterocycles. The molecule has 0 N–H and O–H groups in total. The highest BCUT2D eigenvalue weighted by Gasteiger charge is 2.18. The number of nitrogens with zero attached hydrogens (tertiary/aromatic N) is 2. The van der Waals surface area contributed by atoms with E-state index in [4.69, 9.17) is 5.26 Å². The lowest BCUT2D eigenvalue weighted by Crippen LogP contribution is -2.16. The normalized spacial score (nSPS) is 17.8.